The first-order valence-electron chi connectivity index (χ1n) is 6.17. The number of rotatable bonds is 10. The largest absolute Gasteiger partial charge is 0.305 e. The van der Waals surface area contributed by atoms with Crippen LogP contribution in [0.1, 0.15) is 13.8 Å². The zero-order chi connectivity index (χ0) is 13.8. The molecule has 0 aliphatic carbocycles. The summed E-state index contributed by atoms with van der Waals surface area (Å²) < 4.78 is 0. The van der Waals surface area contributed by atoms with E-state index < -0.39 is 0 Å². The Morgan fingerprint density at radius 1 is 0.889 bits per heavy atom. The number of likely N-dealkylation sites (N-methyl/N-ethyl adjacent to an activating group) is 1. The van der Waals surface area contributed by atoms with Crippen LogP contribution in [0.15, 0.2) is 20.7 Å². The SMILES string of the molecule is CC(C)N(CCN=NN)CCN(C)CCN=NN. The molecule has 0 saturated heterocycles. The van der Waals surface area contributed by atoms with Crippen molar-refractivity contribution in [1.82, 2.24) is 9.80 Å². The average molecular weight is 258 g/mol. The molecule has 0 aromatic heterocycles. The molecule has 0 aliphatic rings. The van der Waals surface area contributed by atoms with Crippen LogP contribution in [0.4, 0.5) is 0 Å². The van der Waals surface area contributed by atoms with E-state index >= 15 is 0 Å². The van der Waals surface area contributed by atoms with Gasteiger partial charge in [0, 0.05) is 32.2 Å². The second-order valence-corrected chi connectivity index (χ2v) is 4.39. The Morgan fingerprint density at radius 2 is 1.44 bits per heavy atom. The van der Waals surface area contributed by atoms with Crippen LogP contribution < -0.4 is 11.7 Å². The van der Waals surface area contributed by atoms with Gasteiger partial charge in [-0.2, -0.15) is 10.2 Å². The molecule has 106 valence electrons. The summed E-state index contributed by atoms with van der Waals surface area (Å²) in [4.78, 5) is 4.55. The van der Waals surface area contributed by atoms with Gasteiger partial charge in [-0.1, -0.05) is 10.4 Å². The molecule has 18 heavy (non-hydrogen) atoms. The normalized spacial score (nSPS) is 12.8. The van der Waals surface area contributed by atoms with Crippen LogP contribution in [0.3, 0.4) is 0 Å². The van der Waals surface area contributed by atoms with Crippen LogP contribution in [0.5, 0.6) is 0 Å². The fourth-order valence-electron chi connectivity index (χ4n) is 1.54. The van der Waals surface area contributed by atoms with Gasteiger partial charge in [0.1, 0.15) is 0 Å². The maximum absolute atomic E-state index is 4.98. The van der Waals surface area contributed by atoms with Crippen molar-refractivity contribution in [2.45, 2.75) is 19.9 Å². The summed E-state index contributed by atoms with van der Waals surface area (Å²) in [5.41, 5.74) is 0. The van der Waals surface area contributed by atoms with Crippen molar-refractivity contribution < 1.29 is 0 Å². The average Bonchev–Trinajstić information content (AvgIpc) is 2.33. The molecule has 0 aromatic rings. The van der Waals surface area contributed by atoms with Crippen LogP contribution in [0.25, 0.3) is 0 Å². The van der Waals surface area contributed by atoms with Crippen molar-refractivity contribution in [3.05, 3.63) is 0 Å². The quantitative estimate of drug-likeness (QED) is 0.333. The monoisotopic (exact) mass is 258 g/mol. The van der Waals surface area contributed by atoms with E-state index in [1.165, 1.54) is 0 Å². The molecule has 4 N–H and O–H groups in total. The molecular formula is C10H26N8. The van der Waals surface area contributed by atoms with E-state index in [9.17, 15) is 0 Å². The Balaban J connectivity index is 3.87. The molecule has 8 heteroatoms. The number of hydrogen-bond acceptors (Lipinski definition) is 6. The van der Waals surface area contributed by atoms with E-state index in [2.05, 4.69) is 51.4 Å². The molecule has 0 saturated carbocycles. The van der Waals surface area contributed by atoms with Crippen molar-refractivity contribution in [3.63, 3.8) is 0 Å². The summed E-state index contributed by atoms with van der Waals surface area (Å²) in [6.45, 7) is 9.29. The van der Waals surface area contributed by atoms with Gasteiger partial charge in [-0.05, 0) is 20.9 Å². The van der Waals surface area contributed by atoms with E-state index in [0.29, 0.717) is 19.1 Å². The summed E-state index contributed by atoms with van der Waals surface area (Å²) in [7, 11) is 2.06. The van der Waals surface area contributed by atoms with E-state index in [1.807, 2.05) is 0 Å². The topological polar surface area (TPSA) is 108 Å². The summed E-state index contributed by atoms with van der Waals surface area (Å²) in [5.74, 6) is 9.93. The molecule has 0 bridgehead atoms. The minimum absolute atomic E-state index is 0.482. The Bertz CT molecular complexity index is 240. The predicted octanol–water partition coefficient (Wildman–Crippen LogP) is 0.280. The number of nitrogens with two attached hydrogens (primary N) is 2. The van der Waals surface area contributed by atoms with Crippen LogP contribution in [-0.4, -0.2) is 62.2 Å². The maximum atomic E-state index is 4.98. The fourth-order valence-corrected chi connectivity index (χ4v) is 1.54. The van der Waals surface area contributed by atoms with Gasteiger partial charge < -0.3 is 16.6 Å². The highest BCUT2D eigenvalue weighted by Gasteiger charge is 2.09. The van der Waals surface area contributed by atoms with Gasteiger partial charge in [0.05, 0.1) is 13.1 Å². The second kappa shape index (κ2) is 10.8. The third-order valence-electron chi connectivity index (χ3n) is 2.73. The van der Waals surface area contributed by atoms with Crippen LogP contribution >= 0.6 is 0 Å². The summed E-state index contributed by atoms with van der Waals surface area (Å²) >= 11 is 0. The predicted molar refractivity (Wildman–Crippen MR) is 72.0 cm³/mol. The van der Waals surface area contributed by atoms with Gasteiger partial charge >= 0.3 is 0 Å². The minimum atomic E-state index is 0.482. The highest BCUT2D eigenvalue weighted by Crippen LogP contribution is 1.98. The molecule has 0 atom stereocenters. The van der Waals surface area contributed by atoms with Gasteiger partial charge in [0.2, 0.25) is 0 Å². The smallest absolute Gasteiger partial charge is 0.0747 e. The van der Waals surface area contributed by atoms with Crippen molar-refractivity contribution in [3.8, 4) is 0 Å². The van der Waals surface area contributed by atoms with Gasteiger partial charge in [0.25, 0.3) is 0 Å². The maximum Gasteiger partial charge on any atom is 0.0747 e. The highest BCUT2D eigenvalue weighted by atomic mass is 15.3. The number of hydrogen-bond donors (Lipinski definition) is 2. The first-order valence-corrected chi connectivity index (χ1v) is 6.17. The lowest BCUT2D eigenvalue weighted by Crippen LogP contribution is -2.39. The van der Waals surface area contributed by atoms with Crippen molar-refractivity contribution in [2.75, 3.05) is 46.3 Å². The lowest BCUT2D eigenvalue weighted by atomic mass is 10.3. The molecule has 0 aliphatic heterocycles. The number of nitrogens with zero attached hydrogens (tertiary/aromatic N) is 6. The third kappa shape index (κ3) is 8.82. The van der Waals surface area contributed by atoms with Crippen molar-refractivity contribution in [1.29, 1.82) is 0 Å². The molecule has 0 radical (unpaired) electrons. The molecule has 8 nitrogen and oxygen atoms in total. The van der Waals surface area contributed by atoms with Gasteiger partial charge in [-0.15, -0.1) is 0 Å². The van der Waals surface area contributed by atoms with Crippen LogP contribution in [-0.2, 0) is 0 Å². The van der Waals surface area contributed by atoms with Crippen molar-refractivity contribution in [2.24, 2.45) is 32.4 Å². The Hall–Kier alpha value is -1.28. The zero-order valence-electron chi connectivity index (χ0n) is 11.7. The van der Waals surface area contributed by atoms with Gasteiger partial charge in [-0.3, -0.25) is 4.90 Å². The lowest BCUT2D eigenvalue weighted by molar-refractivity contribution is 0.194. The molecule has 0 aromatic carbocycles. The summed E-state index contributed by atoms with van der Waals surface area (Å²) in [5, 5.41) is 14.0. The van der Waals surface area contributed by atoms with E-state index in [0.717, 1.165) is 26.2 Å². The van der Waals surface area contributed by atoms with E-state index in [4.69, 9.17) is 11.7 Å². The Kier molecular flexibility index (Phi) is 10.1. The van der Waals surface area contributed by atoms with Gasteiger partial charge in [0.15, 0.2) is 0 Å². The fraction of sp³-hybridized carbons (Fsp3) is 1.00. The van der Waals surface area contributed by atoms with E-state index in [-0.39, 0.29) is 0 Å². The van der Waals surface area contributed by atoms with Gasteiger partial charge in [-0.25, -0.2) is 0 Å². The Labute approximate surface area is 109 Å². The third-order valence-corrected chi connectivity index (χ3v) is 2.73. The summed E-state index contributed by atoms with van der Waals surface area (Å²) in [6.07, 6.45) is 0. The van der Waals surface area contributed by atoms with Crippen LogP contribution in [0, 0.1) is 0 Å². The molecule has 0 unspecified atom stereocenters. The lowest BCUT2D eigenvalue weighted by Gasteiger charge is -2.27. The summed E-state index contributed by atoms with van der Waals surface area (Å²) in [6, 6.07) is 0.482. The Morgan fingerprint density at radius 3 is 1.94 bits per heavy atom. The first kappa shape index (κ1) is 16.7. The molecule has 0 spiro atoms. The molecular weight excluding hydrogens is 232 g/mol. The first-order chi connectivity index (χ1) is 8.61. The van der Waals surface area contributed by atoms with E-state index in [1.54, 1.807) is 0 Å². The van der Waals surface area contributed by atoms with Crippen LogP contribution in [0.2, 0.25) is 0 Å². The molecule has 0 heterocycles. The minimum Gasteiger partial charge on any atom is -0.305 e. The molecule has 0 fully saturated rings. The molecule has 0 rings (SSSR count). The second-order valence-electron chi connectivity index (χ2n) is 4.39. The zero-order valence-corrected chi connectivity index (χ0v) is 11.7. The molecule has 0 amide bonds. The van der Waals surface area contributed by atoms with Crippen molar-refractivity contribution >= 4 is 0 Å². The standard InChI is InChI=1S/C10H26N8/c1-10(2)18(7-5-14-16-12)9-8-17(3)6-4-13-15-11/h10H,4-9H2,1-3H3,(H2,11,13)(H2,12,14). The highest BCUT2D eigenvalue weighted by molar-refractivity contribution is 4.66.